The molecule has 0 saturated carbocycles. The summed E-state index contributed by atoms with van der Waals surface area (Å²) in [5.41, 5.74) is 2.71. The van der Waals surface area contributed by atoms with Gasteiger partial charge in [0.2, 0.25) is 0 Å². The van der Waals surface area contributed by atoms with Gasteiger partial charge in [0.05, 0.1) is 22.7 Å². The summed E-state index contributed by atoms with van der Waals surface area (Å²) in [6.45, 7) is 1.87. The number of aliphatic hydroxyl groups is 1. The summed E-state index contributed by atoms with van der Waals surface area (Å²) in [7, 11) is 0. The molecule has 5 nitrogen and oxygen atoms in total. The summed E-state index contributed by atoms with van der Waals surface area (Å²) in [4.78, 5) is 19.0. The maximum absolute atomic E-state index is 12.1. The molecule has 0 radical (unpaired) electrons. The molecule has 0 atom stereocenters. The van der Waals surface area contributed by atoms with Gasteiger partial charge in [-0.3, -0.25) is 4.79 Å². The zero-order chi connectivity index (χ0) is 16.4. The second-order valence-electron chi connectivity index (χ2n) is 5.14. The number of H-pyrrole nitrogens is 1. The molecule has 0 fully saturated rings. The lowest BCUT2D eigenvalue weighted by molar-refractivity contribution is 0.514. The maximum atomic E-state index is 12.1. The van der Waals surface area contributed by atoms with Crippen molar-refractivity contribution in [2.75, 3.05) is 0 Å². The highest BCUT2D eigenvalue weighted by Gasteiger charge is 2.07. The predicted octanol–water partition coefficient (Wildman–Crippen LogP) is 3.16. The number of nitriles is 1. The number of aryl methyl sites for hydroxylation is 1. The molecule has 5 heteroatoms. The van der Waals surface area contributed by atoms with Crippen LogP contribution in [-0.2, 0) is 0 Å². The van der Waals surface area contributed by atoms with Crippen LogP contribution in [0.2, 0.25) is 0 Å². The van der Waals surface area contributed by atoms with E-state index in [0.717, 1.165) is 5.56 Å². The fraction of sp³-hybridized carbons (Fsp3) is 0.0556. The first kappa shape index (κ1) is 14.5. The van der Waals surface area contributed by atoms with Gasteiger partial charge in [-0.25, -0.2) is 4.98 Å². The van der Waals surface area contributed by atoms with E-state index in [4.69, 9.17) is 5.26 Å². The second kappa shape index (κ2) is 5.78. The minimum absolute atomic E-state index is 0.0307. The smallest absolute Gasteiger partial charge is 0.274 e. The molecule has 0 saturated heterocycles. The SMILES string of the molecule is Cc1ccccc1/C(O)=C/c1nc2cc(C#N)ccc2[nH]c1=O. The van der Waals surface area contributed by atoms with Crippen LogP contribution in [0.5, 0.6) is 0 Å². The molecule has 2 N–H and O–H groups in total. The minimum Gasteiger partial charge on any atom is -0.507 e. The number of hydrogen-bond donors (Lipinski definition) is 2. The lowest BCUT2D eigenvalue weighted by Crippen LogP contribution is -2.12. The number of fused-ring (bicyclic) bond motifs is 1. The fourth-order valence-corrected chi connectivity index (χ4v) is 2.33. The Bertz CT molecular complexity index is 1030. The monoisotopic (exact) mass is 303 g/mol. The van der Waals surface area contributed by atoms with E-state index in [-0.39, 0.29) is 11.5 Å². The van der Waals surface area contributed by atoms with Crippen LogP contribution < -0.4 is 5.56 Å². The van der Waals surface area contributed by atoms with Gasteiger partial charge < -0.3 is 10.1 Å². The van der Waals surface area contributed by atoms with Gasteiger partial charge in [0.15, 0.2) is 0 Å². The van der Waals surface area contributed by atoms with E-state index < -0.39 is 5.56 Å². The van der Waals surface area contributed by atoms with E-state index >= 15 is 0 Å². The highest BCUT2D eigenvalue weighted by Crippen LogP contribution is 2.18. The van der Waals surface area contributed by atoms with Crippen molar-refractivity contribution >= 4 is 22.9 Å². The molecule has 0 bridgehead atoms. The van der Waals surface area contributed by atoms with Crippen molar-refractivity contribution in [3.05, 3.63) is 75.2 Å². The average Bonchev–Trinajstić information content (AvgIpc) is 2.55. The molecule has 0 aliphatic carbocycles. The number of nitrogens with one attached hydrogen (secondary N) is 1. The average molecular weight is 303 g/mol. The van der Waals surface area contributed by atoms with Crippen LogP contribution >= 0.6 is 0 Å². The molecule has 1 heterocycles. The number of aromatic nitrogens is 2. The van der Waals surface area contributed by atoms with Crippen molar-refractivity contribution < 1.29 is 5.11 Å². The maximum Gasteiger partial charge on any atom is 0.274 e. The van der Waals surface area contributed by atoms with Crippen molar-refractivity contribution in [3.8, 4) is 6.07 Å². The molecule has 3 aromatic rings. The molecule has 3 rings (SSSR count). The fourth-order valence-electron chi connectivity index (χ4n) is 2.33. The highest BCUT2D eigenvalue weighted by molar-refractivity contribution is 5.80. The third-order valence-electron chi connectivity index (χ3n) is 3.54. The van der Waals surface area contributed by atoms with Gasteiger partial charge >= 0.3 is 0 Å². The summed E-state index contributed by atoms with van der Waals surface area (Å²) in [5.74, 6) is -0.0307. The van der Waals surface area contributed by atoms with E-state index in [2.05, 4.69) is 9.97 Å². The Hall–Kier alpha value is -3.39. The van der Waals surface area contributed by atoms with Gasteiger partial charge in [0.25, 0.3) is 5.56 Å². The number of aromatic amines is 1. The molecule has 0 spiro atoms. The third kappa shape index (κ3) is 2.83. The first-order valence-electron chi connectivity index (χ1n) is 6.99. The van der Waals surface area contributed by atoms with E-state index in [0.29, 0.717) is 22.2 Å². The Labute approximate surface area is 132 Å². The topological polar surface area (TPSA) is 89.8 Å². The first-order chi connectivity index (χ1) is 11.1. The van der Waals surface area contributed by atoms with Gasteiger partial charge in [-0.2, -0.15) is 5.26 Å². The normalized spacial score (nSPS) is 11.4. The van der Waals surface area contributed by atoms with Crippen LogP contribution in [0.3, 0.4) is 0 Å². The molecule has 1 aromatic heterocycles. The minimum atomic E-state index is -0.401. The molecule has 23 heavy (non-hydrogen) atoms. The Morgan fingerprint density at radius 2 is 2.09 bits per heavy atom. The van der Waals surface area contributed by atoms with E-state index in [9.17, 15) is 9.90 Å². The van der Waals surface area contributed by atoms with Gasteiger partial charge in [-0.1, -0.05) is 24.3 Å². The van der Waals surface area contributed by atoms with Crippen molar-refractivity contribution in [3.63, 3.8) is 0 Å². The Morgan fingerprint density at radius 3 is 2.83 bits per heavy atom. The van der Waals surface area contributed by atoms with Gasteiger partial charge in [-0.15, -0.1) is 0 Å². The van der Waals surface area contributed by atoms with Gasteiger partial charge in [-0.05, 0) is 30.7 Å². The molecule has 0 unspecified atom stereocenters. The van der Waals surface area contributed by atoms with Gasteiger partial charge in [0, 0.05) is 11.6 Å². The van der Waals surface area contributed by atoms with Crippen LogP contribution in [0.25, 0.3) is 22.9 Å². The molecule has 0 aliphatic rings. The number of aliphatic hydroxyl groups excluding tert-OH is 1. The van der Waals surface area contributed by atoms with Crippen LogP contribution in [0.1, 0.15) is 22.4 Å². The number of rotatable bonds is 2. The van der Waals surface area contributed by atoms with Crippen molar-refractivity contribution in [1.29, 1.82) is 5.26 Å². The third-order valence-corrected chi connectivity index (χ3v) is 3.54. The van der Waals surface area contributed by atoms with E-state index in [1.54, 1.807) is 24.3 Å². The van der Waals surface area contributed by atoms with E-state index in [1.165, 1.54) is 6.08 Å². The molecule has 2 aromatic carbocycles. The summed E-state index contributed by atoms with van der Waals surface area (Å²) in [6, 6.07) is 14.2. The molecule has 112 valence electrons. The van der Waals surface area contributed by atoms with Crippen LogP contribution in [0, 0.1) is 18.3 Å². The van der Waals surface area contributed by atoms with Crippen LogP contribution in [-0.4, -0.2) is 15.1 Å². The summed E-state index contributed by atoms with van der Waals surface area (Å²) in [6.07, 6.45) is 1.33. The lowest BCUT2D eigenvalue weighted by atomic mass is 10.1. The number of benzene rings is 2. The second-order valence-corrected chi connectivity index (χ2v) is 5.14. The Balaban J connectivity index is 2.14. The van der Waals surface area contributed by atoms with Crippen molar-refractivity contribution in [1.82, 2.24) is 9.97 Å². The standard InChI is InChI=1S/C18H13N3O2/c1-11-4-2-3-5-13(11)17(22)9-16-18(23)21-14-7-6-12(10-19)8-15(14)20-16/h2-9,22H,1H3,(H,21,23)/b17-9-. The Morgan fingerprint density at radius 1 is 1.30 bits per heavy atom. The first-order valence-corrected chi connectivity index (χ1v) is 6.99. The molecular formula is C18H13N3O2. The molecule has 0 amide bonds. The molecular weight excluding hydrogens is 290 g/mol. The highest BCUT2D eigenvalue weighted by atomic mass is 16.3. The Kier molecular flexibility index (Phi) is 3.65. The zero-order valence-corrected chi connectivity index (χ0v) is 12.4. The molecule has 0 aliphatic heterocycles. The van der Waals surface area contributed by atoms with Crippen molar-refractivity contribution in [2.24, 2.45) is 0 Å². The zero-order valence-electron chi connectivity index (χ0n) is 12.4. The lowest BCUT2D eigenvalue weighted by Gasteiger charge is -2.04. The summed E-state index contributed by atoms with van der Waals surface area (Å²) >= 11 is 0. The number of nitrogens with zero attached hydrogens (tertiary/aromatic N) is 2. The van der Waals surface area contributed by atoms with Crippen molar-refractivity contribution in [2.45, 2.75) is 6.92 Å². The predicted molar refractivity (Wildman–Crippen MR) is 88.8 cm³/mol. The summed E-state index contributed by atoms with van der Waals surface area (Å²) in [5, 5.41) is 19.2. The largest absolute Gasteiger partial charge is 0.507 e. The quantitative estimate of drug-likeness (QED) is 0.712. The van der Waals surface area contributed by atoms with Crippen LogP contribution in [0.15, 0.2) is 47.3 Å². The van der Waals surface area contributed by atoms with E-state index in [1.807, 2.05) is 31.2 Å². The van der Waals surface area contributed by atoms with Gasteiger partial charge in [0.1, 0.15) is 11.5 Å². The number of hydrogen-bond acceptors (Lipinski definition) is 4. The van der Waals surface area contributed by atoms with Crippen LogP contribution in [0.4, 0.5) is 0 Å². The summed E-state index contributed by atoms with van der Waals surface area (Å²) < 4.78 is 0.